The maximum Gasteiger partial charge on any atom is 0.240 e. The van der Waals surface area contributed by atoms with Crippen molar-refractivity contribution in [2.75, 3.05) is 13.6 Å². The Bertz CT molecular complexity index is 320. The lowest BCUT2D eigenvalue weighted by molar-refractivity contribution is 0.260. The molecule has 0 amide bonds. The predicted molar refractivity (Wildman–Crippen MR) is 60.5 cm³/mol. The molecule has 0 aliphatic heterocycles. The molecule has 0 bridgehead atoms. The van der Waals surface area contributed by atoms with Crippen LogP contribution in [0.4, 0.5) is 0 Å². The van der Waals surface area contributed by atoms with Crippen molar-refractivity contribution in [2.45, 2.75) is 38.8 Å². The van der Waals surface area contributed by atoms with Crippen LogP contribution in [0.15, 0.2) is 4.52 Å². The average molecular weight is 224 g/mol. The van der Waals surface area contributed by atoms with E-state index in [1.54, 1.807) is 0 Å². The van der Waals surface area contributed by atoms with E-state index in [1.165, 1.54) is 25.7 Å². The second-order valence-electron chi connectivity index (χ2n) is 4.66. The third-order valence-electron chi connectivity index (χ3n) is 3.14. The first kappa shape index (κ1) is 11.5. The third-order valence-corrected chi connectivity index (χ3v) is 3.14. The minimum atomic E-state index is 0.319. The fourth-order valence-electron chi connectivity index (χ4n) is 2.38. The van der Waals surface area contributed by atoms with E-state index in [2.05, 4.69) is 22.1 Å². The smallest absolute Gasteiger partial charge is 0.240 e. The minimum Gasteiger partial charge on any atom is -0.338 e. The highest BCUT2D eigenvalue weighted by molar-refractivity contribution is 4.85. The van der Waals surface area contributed by atoms with E-state index in [4.69, 9.17) is 10.3 Å². The van der Waals surface area contributed by atoms with E-state index < -0.39 is 0 Å². The van der Waals surface area contributed by atoms with Crippen LogP contribution in [0.3, 0.4) is 0 Å². The number of nitrogens with two attached hydrogens (primary N) is 1. The third kappa shape index (κ3) is 3.02. The van der Waals surface area contributed by atoms with Gasteiger partial charge in [0, 0.05) is 6.54 Å². The van der Waals surface area contributed by atoms with Gasteiger partial charge in [0.15, 0.2) is 5.82 Å². The molecule has 2 N–H and O–H groups in total. The van der Waals surface area contributed by atoms with Crippen LogP contribution >= 0.6 is 0 Å². The Kier molecular flexibility index (Phi) is 3.90. The highest BCUT2D eigenvalue weighted by atomic mass is 16.5. The molecule has 1 aliphatic rings. The summed E-state index contributed by atoms with van der Waals surface area (Å²) < 4.78 is 4.97. The highest BCUT2D eigenvalue weighted by Gasteiger charge is 2.17. The maximum absolute atomic E-state index is 5.42. The SMILES string of the molecule is CN(Cc1noc(CN)n1)CC1CCCC1. The van der Waals surface area contributed by atoms with Crippen molar-refractivity contribution in [3.05, 3.63) is 11.7 Å². The normalized spacial score (nSPS) is 17.4. The molecule has 16 heavy (non-hydrogen) atoms. The molecule has 0 unspecified atom stereocenters. The van der Waals surface area contributed by atoms with E-state index in [0.29, 0.717) is 12.4 Å². The molecule has 1 fully saturated rings. The van der Waals surface area contributed by atoms with Crippen LogP contribution < -0.4 is 5.73 Å². The van der Waals surface area contributed by atoms with Crippen molar-refractivity contribution in [2.24, 2.45) is 11.7 Å². The summed E-state index contributed by atoms with van der Waals surface area (Å²) in [5.74, 6) is 2.11. The van der Waals surface area contributed by atoms with Crippen LogP contribution in [0.5, 0.6) is 0 Å². The summed E-state index contributed by atoms with van der Waals surface area (Å²) >= 11 is 0. The minimum absolute atomic E-state index is 0.319. The molecule has 0 radical (unpaired) electrons. The molecule has 1 aliphatic carbocycles. The first-order valence-electron chi connectivity index (χ1n) is 5.98. The molecule has 0 aromatic carbocycles. The van der Waals surface area contributed by atoms with Gasteiger partial charge in [0.05, 0.1) is 13.1 Å². The molecule has 0 saturated heterocycles. The van der Waals surface area contributed by atoms with Crippen molar-refractivity contribution in [3.63, 3.8) is 0 Å². The van der Waals surface area contributed by atoms with Gasteiger partial charge in [0.2, 0.25) is 5.89 Å². The standard InChI is InChI=1S/C11H20N4O/c1-15(7-9-4-2-3-5-9)8-10-13-11(6-12)16-14-10/h9H,2-8,12H2,1H3. The van der Waals surface area contributed by atoms with Gasteiger partial charge in [-0.1, -0.05) is 18.0 Å². The number of nitrogens with zero attached hydrogens (tertiary/aromatic N) is 3. The molecule has 1 heterocycles. The summed E-state index contributed by atoms with van der Waals surface area (Å²) in [7, 11) is 2.11. The second kappa shape index (κ2) is 5.41. The van der Waals surface area contributed by atoms with Crippen molar-refractivity contribution in [3.8, 4) is 0 Å². The van der Waals surface area contributed by atoms with E-state index >= 15 is 0 Å². The van der Waals surface area contributed by atoms with Gasteiger partial charge in [-0.15, -0.1) is 0 Å². The van der Waals surface area contributed by atoms with Crippen molar-refractivity contribution in [1.82, 2.24) is 15.0 Å². The summed E-state index contributed by atoms with van der Waals surface area (Å²) in [6.07, 6.45) is 5.51. The fraction of sp³-hybridized carbons (Fsp3) is 0.818. The topological polar surface area (TPSA) is 68.2 Å². The first-order valence-corrected chi connectivity index (χ1v) is 5.98. The molecule has 1 aromatic rings. The Morgan fingerprint density at radius 3 is 2.81 bits per heavy atom. The van der Waals surface area contributed by atoms with Crippen LogP contribution in [0.1, 0.15) is 37.4 Å². The predicted octanol–water partition coefficient (Wildman–Crippen LogP) is 1.15. The van der Waals surface area contributed by atoms with Crippen molar-refractivity contribution >= 4 is 0 Å². The summed E-state index contributed by atoms with van der Waals surface area (Å²) in [5.41, 5.74) is 5.42. The molecule has 90 valence electrons. The second-order valence-corrected chi connectivity index (χ2v) is 4.66. The molecular weight excluding hydrogens is 204 g/mol. The molecule has 5 nitrogen and oxygen atoms in total. The summed E-state index contributed by atoms with van der Waals surface area (Å²) in [5, 5.41) is 3.89. The van der Waals surface area contributed by atoms with Crippen molar-refractivity contribution < 1.29 is 4.52 Å². The summed E-state index contributed by atoms with van der Waals surface area (Å²) in [6, 6.07) is 0. The van der Waals surface area contributed by atoms with Gasteiger partial charge in [-0.3, -0.25) is 4.90 Å². The zero-order valence-electron chi connectivity index (χ0n) is 9.85. The lowest BCUT2D eigenvalue weighted by Crippen LogP contribution is -2.24. The number of aromatic nitrogens is 2. The zero-order valence-corrected chi connectivity index (χ0v) is 9.85. The van der Waals surface area contributed by atoms with Crippen LogP contribution in [-0.2, 0) is 13.1 Å². The Morgan fingerprint density at radius 1 is 1.44 bits per heavy atom. The van der Waals surface area contributed by atoms with E-state index in [-0.39, 0.29) is 0 Å². The maximum atomic E-state index is 5.42. The molecule has 0 atom stereocenters. The highest BCUT2D eigenvalue weighted by Crippen LogP contribution is 2.25. The largest absolute Gasteiger partial charge is 0.338 e. The Balaban J connectivity index is 1.79. The van der Waals surface area contributed by atoms with Crippen LogP contribution in [-0.4, -0.2) is 28.6 Å². The lowest BCUT2D eigenvalue weighted by atomic mass is 10.1. The van der Waals surface area contributed by atoms with Gasteiger partial charge in [-0.05, 0) is 25.8 Å². The van der Waals surface area contributed by atoms with Gasteiger partial charge in [0.25, 0.3) is 0 Å². The van der Waals surface area contributed by atoms with Gasteiger partial charge < -0.3 is 10.3 Å². The van der Waals surface area contributed by atoms with Crippen molar-refractivity contribution in [1.29, 1.82) is 0 Å². The summed E-state index contributed by atoms with van der Waals surface area (Å²) in [4.78, 5) is 6.46. The van der Waals surface area contributed by atoms with E-state index in [1.807, 2.05) is 0 Å². The van der Waals surface area contributed by atoms with Gasteiger partial charge in [0.1, 0.15) is 0 Å². The van der Waals surface area contributed by atoms with Crippen LogP contribution in [0, 0.1) is 5.92 Å². The first-order chi connectivity index (χ1) is 7.78. The lowest BCUT2D eigenvalue weighted by Gasteiger charge is -2.18. The average Bonchev–Trinajstić information content (AvgIpc) is 2.89. The van der Waals surface area contributed by atoms with Crippen LogP contribution in [0.25, 0.3) is 0 Å². The number of hydrogen-bond donors (Lipinski definition) is 1. The molecule has 0 spiro atoms. The molecule has 5 heteroatoms. The number of hydrogen-bond acceptors (Lipinski definition) is 5. The molecule has 2 rings (SSSR count). The van der Waals surface area contributed by atoms with Gasteiger partial charge in [-0.2, -0.15) is 4.98 Å². The van der Waals surface area contributed by atoms with Gasteiger partial charge >= 0.3 is 0 Å². The van der Waals surface area contributed by atoms with Crippen LogP contribution in [0.2, 0.25) is 0 Å². The Morgan fingerprint density at radius 2 is 2.19 bits per heavy atom. The van der Waals surface area contributed by atoms with Gasteiger partial charge in [-0.25, -0.2) is 0 Å². The quantitative estimate of drug-likeness (QED) is 0.812. The van der Waals surface area contributed by atoms with E-state index in [9.17, 15) is 0 Å². The Labute approximate surface area is 96.0 Å². The Hall–Kier alpha value is -0.940. The zero-order chi connectivity index (χ0) is 11.4. The molecule has 1 saturated carbocycles. The molecule has 1 aromatic heterocycles. The summed E-state index contributed by atoms with van der Waals surface area (Å²) in [6.45, 7) is 2.20. The fourth-order valence-corrected chi connectivity index (χ4v) is 2.38. The molecular formula is C11H20N4O. The number of rotatable bonds is 5. The monoisotopic (exact) mass is 224 g/mol. The van der Waals surface area contributed by atoms with E-state index in [0.717, 1.165) is 24.8 Å².